The molecule has 3 N–H and O–H groups in total. The number of benzene rings is 1. The number of aliphatic carboxylic acids is 1. The molecule has 126 valence electrons. The van der Waals surface area contributed by atoms with E-state index in [1.807, 2.05) is 0 Å². The summed E-state index contributed by atoms with van der Waals surface area (Å²) >= 11 is 0. The smallest absolute Gasteiger partial charge is 0.416 e. The van der Waals surface area contributed by atoms with E-state index < -0.39 is 35.8 Å². The van der Waals surface area contributed by atoms with Crippen molar-refractivity contribution < 1.29 is 33.0 Å². The summed E-state index contributed by atoms with van der Waals surface area (Å²) in [5, 5.41) is 21.2. The Morgan fingerprint density at radius 1 is 1.22 bits per heavy atom. The summed E-state index contributed by atoms with van der Waals surface area (Å²) in [5.74, 6) is -1.90. The van der Waals surface area contributed by atoms with Crippen LogP contribution in [0.15, 0.2) is 24.3 Å². The highest BCUT2D eigenvalue weighted by atomic mass is 19.4. The lowest BCUT2D eigenvalue weighted by atomic mass is 10.0. The number of hydrogen-bond acceptors (Lipinski definition) is 3. The Morgan fingerprint density at radius 2 is 1.78 bits per heavy atom. The van der Waals surface area contributed by atoms with Gasteiger partial charge in [-0.05, 0) is 30.0 Å². The number of aliphatic hydroxyl groups is 1. The number of halogens is 3. The van der Waals surface area contributed by atoms with Crippen molar-refractivity contribution in [2.24, 2.45) is 5.92 Å². The van der Waals surface area contributed by atoms with E-state index in [0.29, 0.717) is 0 Å². The summed E-state index contributed by atoms with van der Waals surface area (Å²) in [5.41, 5.74) is -0.933. The molecule has 1 aromatic carbocycles. The summed E-state index contributed by atoms with van der Waals surface area (Å²) in [6, 6.07) is 2.38. The minimum absolute atomic E-state index is 0.0361. The van der Waals surface area contributed by atoms with Crippen LogP contribution in [0.1, 0.15) is 36.5 Å². The molecule has 2 atom stereocenters. The molecule has 0 heterocycles. The van der Waals surface area contributed by atoms with Gasteiger partial charge in [-0.1, -0.05) is 25.0 Å². The average molecular weight is 331 g/mol. The number of carbonyl (C=O) groups is 2. The summed E-state index contributed by atoms with van der Waals surface area (Å²) in [6.45, 7) is 0. The maximum atomic E-state index is 12.5. The lowest BCUT2D eigenvalue weighted by Gasteiger charge is -2.17. The van der Waals surface area contributed by atoms with Crippen LogP contribution in [0.3, 0.4) is 0 Å². The van der Waals surface area contributed by atoms with Crippen molar-refractivity contribution in [1.82, 2.24) is 5.32 Å². The van der Waals surface area contributed by atoms with Crippen LogP contribution >= 0.6 is 0 Å². The predicted molar refractivity (Wildman–Crippen MR) is 73.3 cm³/mol. The lowest BCUT2D eigenvalue weighted by Crippen LogP contribution is -2.43. The van der Waals surface area contributed by atoms with Gasteiger partial charge >= 0.3 is 12.1 Å². The summed E-state index contributed by atoms with van der Waals surface area (Å²) < 4.78 is 37.4. The molecule has 5 nitrogen and oxygen atoms in total. The molecular formula is C15H16F3NO4. The van der Waals surface area contributed by atoms with Crippen molar-refractivity contribution in [3.63, 3.8) is 0 Å². The molecule has 0 spiro atoms. The topological polar surface area (TPSA) is 86.6 Å². The van der Waals surface area contributed by atoms with E-state index in [9.17, 15) is 27.9 Å². The van der Waals surface area contributed by atoms with Gasteiger partial charge in [-0.2, -0.15) is 13.2 Å². The highest BCUT2D eigenvalue weighted by Gasteiger charge is 2.33. The number of aliphatic hydroxyl groups excluding tert-OH is 1. The molecule has 23 heavy (non-hydrogen) atoms. The fourth-order valence-electron chi connectivity index (χ4n) is 2.16. The Bertz CT molecular complexity index is 581. The normalized spacial score (nSPS) is 17.4. The highest BCUT2D eigenvalue weighted by Crippen LogP contribution is 2.34. The highest BCUT2D eigenvalue weighted by molar-refractivity contribution is 5.87. The molecule has 1 aliphatic rings. The van der Waals surface area contributed by atoms with Crippen molar-refractivity contribution in [2.45, 2.75) is 37.6 Å². The number of nitrogens with one attached hydrogen (secondary N) is 1. The molecule has 1 saturated carbocycles. The molecule has 0 aromatic heterocycles. The third-order valence-electron chi connectivity index (χ3n) is 3.68. The van der Waals surface area contributed by atoms with Crippen LogP contribution in [0.25, 0.3) is 0 Å². The quantitative estimate of drug-likeness (QED) is 0.745. The fraction of sp³-hybridized carbons (Fsp3) is 0.467. The van der Waals surface area contributed by atoms with E-state index in [1.165, 1.54) is 0 Å². The zero-order valence-corrected chi connectivity index (χ0v) is 12.0. The Balaban J connectivity index is 2.01. The number of rotatable bonds is 6. The zero-order chi connectivity index (χ0) is 17.2. The largest absolute Gasteiger partial charge is 0.480 e. The standard InChI is InChI=1S/C15H16F3NO4/c16-15(17,18)10-5-3-9(4-6-10)12(20)13(21)19-11(14(22)23)7-8-1-2-8/h3-6,8,11-12,20H,1-2,7H2,(H,19,21)(H,22,23)/t11-,12+/m1/s1. The number of carboxylic acid groups (broad SMARTS) is 1. The molecule has 1 amide bonds. The Kier molecular flexibility index (Phi) is 4.93. The second-order valence-corrected chi connectivity index (χ2v) is 5.60. The van der Waals surface area contributed by atoms with Gasteiger partial charge < -0.3 is 15.5 Å². The molecule has 2 rings (SSSR count). The van der Waals surface area contributed by atoms with Gasteiger partial charge in [0, 0.05) is 0 Å². The van der Waals surface area contributed by atoms with Crippen LogP contribution in [0, 0.1) is 5.92 Å². The Labute approximate surface area is 130 Å². The van der Waals surface area contributed by atoms with Crippen LogP contribution in [0.4, 0.5) is 13.2 Å². The monoisotopic (exact) mass is 331 g/mol. The number of carbonyl (C=O) groups excluding carboxylic acids is 1. The van der Waals surface area contributed by atoms with Crippen LogP contribution in [-0.4, -0.2) is 28.1 Å². The van der Waals surface area contributed by atoms with Crippen LogP contribution in [-0.2, 0) is 15.8 Å². The molecule has 0 radical (unpaired) electrons. The van der Waals surface area contributed by atoms with Gasteiger partial charge in [-0.25, -0.2) is 4.79 Å². The summed E-state index contributed by atoms with van der Waals surface area (Å²) in [6.07, 6.45) is -4.15. The van der Waals surface area contributed by atoms with Gasteiger partial charge in [0.1, 0.15) is 6.04 Å². The first kappa shape index (κ1) is 17.3. The number of amides is 1. The van der Waals surface area contributed by atoms with Crippen LogP contribution in [0.2, 0.25) is 0 Å². The van der Waals surface area contributed by atoms with Crippen molar-refractivity contribution in [3.05, 3.63) is 35.4 Å². The van der Waals surface area contributed by atoms with E-state index in [-0.39, 0.29) is 17.9 Å². The van der Waals surface area contributed by atoms with Crippen molar-refractivity contribution in [2.75, 3.05) is 0 Å². The molecule has 0 unspecified atom stereocenters. The summed E-state index contributed by atoms with van der Waals surface area (Å²) in [4.78, 5) is 23.0. The lowest BCUT2D eigenvalue weighted by molar-refractivity contribution is -0.143. The molecule has 1 fully saturated rings. The maximum Gasteiger partial charge on any atom is 0.416 e. The van der Waals surface area contributed by atoms with E-state index in [1.54, 1.807) is 0 Å². The molecular weight excluding hydrogens is 315 g/mol. The maximum absolute atomic E-state index is 12.5. The van der Waals surface area contributed by atoms with E-state index >= 15 is 0 Å². The third kappa shape index (κ3) is 4.69. The van der Waals surface area contributed by atoms with Gasteiger partial charge in [0.2, 0.25) is 0 Å². The minimum Gasteiger partial charge on any atom is -0.480 e. The molecule has 1 aliphatic carbocycles. The third-order valence-corrected chi connectivity index (χ3v) is 3.68. The van der Waals surface area contributed by atoms with Gasteiger partial charge in [0.05, 0.1) is 5.56 Å². The first-order valence-electron chi connectivity index (χ1n) is 7.07. The fourth-order valence-corrected chi connectivity index (χ4v) is 2.16. The molecule has 0 saturated heterocycles. The average Bonchev–Trinajstić information content (AvgIpc) is 3.28. The molecule has 0 bridgehead atoms. The van der Waals surface area contributed by atoms with Crippen molar-refractivity contribution in [3.8, 4) is 0 Å². The first-order chi connectivity index (χ1) is 10.7. The van der Waals surface area contributed by atoms with Crippen LogP contribution in [0.5, 0.6) is 0 Å². The molecule has 0 aliphatic heterocycles. The number of carboxylic acids is 1. The predicted octanol–water partition coefficient (Wildman–Crippen LogP) is 2.11. The van der Waals surface area contributed by atoms with Crippen molar-refractivity contribution >= 4 is 11.9 Å². The Hall–Kier alpha value is -2.09. The number of hydrogen-bond donors (Lipinski definition) is 3. The second-order valence-electron chi connectivity index (χ2n) is 5.60. The second kappa shape index (κ2) is 6.57. The SMILES string of the molecule is O=C(N[C@H](CC1CC1)C(=O)O)[C@@H](O)c1ccc(C(F)(F)F)cc1. The Morgan fingerprint density at radius 3 is 2.22 bits per heavy atom. The molecule has 1 aromatic rings. The number of alkyl halides is 3. The van der Waals surface area contributed by atoms with Gasteiger partial charge in [0.25, 0.3) is 5.91 Å². The van der Waals surface area contributed by atoms with Gasteiger partial charge in [-0.15, -0.1) is 0 Å². The van der Waals surface area contributed by atoms with Gasteiger partial charge in [-0.3, -0.25) is 4.79 Å². The van der Waals surface area contributed by atoms with E-state index in [4.69, 9.17) is 5.11 Å². The van der Waals surface area contributed by atoms with E-state index in [2.05, 4.69) is 5.32 Å². The van der Waals surface area contributed by atoms with Gasteiger partial charge in [0.15, 0.2) is 6.10 Å². The zero-order valence-electron chi connectivity index (χ0n) is 12.0. The summed E-state index contributed by atoms with van der Waals surface area (Å²) in [7, 11) is 0. The minimum atomic E-state index is -4.51. The van der Waals surface area contributed by atoms with Crippen molar-refractivity contribution in [1.29, 1.82) is 0 Å². The molecule has 8 heteroatoms. The van der Waals surface area contributed by atoms with Crippen LogP contribution < -0.4 is 5.32 Å². The first-order valence-corrected chi connectivity index (χ1v) is 7.07. The van der Waals surface area contributed by atoms with E-state index in [0.717, 1.165) is 37.1 Å².